The van der Waals surface area contributed by atoms with Crippen molar-refractivity contribution in [2.45, 2.75) is 103 Å². The number of hydrogen-bond acceptors (Lipinski definition) is 5. The molecule has 4 atom stereocenters. The van der Waals surface area contributed by atoms with Crippen LogP contribution in [-0.2, 0) is 19.1 Å². The quantitative estimate of drug-likeness (QED) is 0.212. The van der Waals surface area contributed by atoms with Crippen LogP contribution >= 0.6 is 0 Å². The molecule has 6 nitrogen and oxygen atoms in total. The number of carbonyl (C=O) groups is 3. The Kier molecular flexibility index (Phi) is 10.6. The zero-order valence-corrected chi connectivity index (χ0v) is 26.6. The number of benzene rings is 1. The van der Waals surface area contributed by atoms with Gasteiger partial charge < -0.3 is 14.4 Å². The second-order valence-electron chi connectivity index (χ2n) is 13.5. The number of carbonyl (C=O) groups excluding carboxylic acids is 3. The van der Waals surface area contributed by atoms with Crippen LogP contribution in [0.25, 0.3) is 0 Å². The second kappa shape index (κ2) is 14.4. The van der Waals surface area contributed by atoms with E-state index in [2.05, 4.69) is 38.1 Å². The van der Waals surface area contributed by atoms with Crippen LogP contribution in [0.5, 0.6) is 5.75 Å². The maximum absolute atomic E-state index is 13.2. The van der Waals surface area contributed by atoms with Crippen LogP contribution in [0.1, 0.15) is 109 Å². The molecular formula is C37H51NO5. The smallest absolute Gasteiger partial charge is 0.248 e. The molecule has 0 bridgehead atoms. The molecule has 234 valence electrons. The molecule has 0 aromatic heterocycles. The number of hydrogen-bond donors (Lipinski definition) is 0. The van der Waals surface area contributed by atoms with Crippen LogP contribution in [0.4, 0.5) is 0 Å². The summed E-state index contributed by atoms with van der Waals surface area (Å²) in [5, 5.41) is 0. The summed E-state index contributed by atoms with van der Waals surface area (Å²) in [4.78, 5) is 39.2. The molecule has 0 saturated heterocycles. The van der Waals surface area contributed by atoms with Gasteiger partial charge in [0.2, 0.25) is 5.91 Å². The molecule has 5 rings (SSSR count). The molecule has 43 heavy (non-hydrogen) atoms. The zero-order chi connectivity index (χ0) is 30.4. The number of nitrogens with zero attached hydrogens (tertiary/aromatic N) is 1. The average Bonchev–Trinajstić information content (AvgIpc) is 3.32. The van der Waals surface area contributed by atoms with E-state index in [4.69, 9.17) is 9.47 Å². The number of allylic oxidation sites excluding steroid dienone is 4. The number of ketones is 2. The fraction of sp³-hybridized carbons (Fsp3) is 0.649. The predicted molar refractivity (Wildman–Crippen MR) is 169 cm³/mol. The van der Waals surface area contributed by atoms with Gasteiger partial charge in [-0.05, 0) is 105 Å². The van der Waals surface area contributed by atoms with E-state index in [9.17, 15) is 14.4 Å². The van der Waals surface area contributed by atoms with Gasteiger partial charge in [0.15, 0.2) is 5.78 Å². The molecule has 2 fully saturated rings. The van der Waals surface area contributed by atoms with Crippen molar-refractivity contribution in [1.29, 1.82) is 0 Å². The number of ether oxygens (including phenoxy) is 2. The van der Waals surface area contributed by atoms with Crippen molar-refractivity contribution in [2.24, 2.45) is 17.3 Å². The van der Waals surface area contributed by atoms with Crippen LogP contribution in [0.3, 0.4) is 0 Å². The third kappa shape index (κ3) is 7.16. The van der Waals surface area contributed by atoms with E-state index in [1.54, 1.807) is 4.90 Å². The van der Waals surface area contributed by atoms with E-state index < -0.39 is 0 Å². The summed E-state index contributed by atoms with van der Waals surface area (Å²) in [6.07, 6.45) is 14.2. The minimum atomic E-state index is -0.244. The van der Waals surface area contributed by atoms with Crippen LogP contribution < -0.4 is 4.74 Å². The summed E-state index contributed by atoms with van der Waals surface area (Å²) >= 11 is 0. The molecule has 2 saturated carbocycles. The molecule has 0 spiro atoms. The Hall–Kier alpha value is -2.73. The molecule has 1 aromatic carbocycles. The number of Topliss-reactive ketones (excluding diaryl/α,β-unsaturated/α-hetero) is 1. The van der Waals surface area contributed by atoms with Crippen molar-refractivity contribution in [2.75, 3.05) is 33.4 Å². The van der Waals surface area contributed by atoms with E-state index in [1.807, 2.05) is 13.1 Å². The molecule has 1 aromatic rings. The Labute approximate surface area is 258 Å². The zero-order valence-electron chi connectivity index (χ0n) is 26.6. The Bertz CT molecular complexity index is 1230. The first kappa shape index (κ1) is 31.7. The van der Waals surface area contributed by atoms with Crippen molar-refractivity contribution in [1.82, 2.24) is 4.90 Å². The minimum Gasteiger partial charge on any atom is -0.494 e. The third-order valence-electron chi connectivity index (χ3n) is 10.7. The lowest BCUT2D eigenvalue weighted by Crippen LogP contribution is -2.43. The summed E-state index contributed by atoms with van der Waals surface area (Å²) in [7, 11) is 1.84. The Morgan fingerprint density at radius 2 is 1.72 bits per heavy atom. The number of unbranched alkanes of at least 4 members (excludes halogenated alkanes) is 4. The largest absolute Gasteiger partial charge is 0.494 e. The molecule has 0 N–H and O–H groups in total. The molecule has 1 amide bonds. The number of fused-ring (bicyclic) bond motifs is 4. The maximum Gasteiger partial charge on any atom is 0.248 e. The van der Waals surface area contributed by atoms with E-state index in [-0.39, 0.29) is 29.6 Å². The van der Waals surface area contributed by atoms with E-state index in [0.29, 0.717) is 43.7 Å². The number of amides is 1. The first-order valence-electron chi connectivity index (χ1n) is 16.9. The van der Waals surface area contributed by atoms with E-state index >= 15 is 0 Å². The highest BCUT2D eigenvalue weighted by molar-refractivity contribution is 5.93. The highest BCUT2D eigenvalue weighted by Crippen LogP contribution is 2.62. The number of rotatable bonds is 14. The summed E-state index contributed by atoms with van der Waals surface area (Å²) in [5.74, 6) is 2.77. The highest BCUT2D eigenvalue weighted by Gasteiger charge is 2.56. The monoisotopic (exact) mass is 589 g/mol. The van der Waals surface area contributed by atoms with Crippen molar-refractivity contribution in [3.05, 3.63) is 52.6 Å². The van der Waals surface area contributed by atoms with Crippen molar-refractivity contribution < 1.29 is 23.9 Å². The highest BCUT2D eigenvalue weighted by atomic mass is 16.5. The predicted octanol–water partition coefficient (Wildman–Crippen LogP) is 7.37. The van der Waals surface area contributed by atoms with Gasteiger partial charge in [-0.2, -0.15) is 0 Å². The maximum atomic E-state index is 13.2. The van der Waals surface area contributed by atoms with Crippen molar-refractivity contribution in [3.63, 3.8) is 0 Å². The van der Waals surface area contributed by atoms with Gasteiger partial charge >= 0.3 is 0 Å². The van der Waals surface area contributed by atoms with Gasteiger partial charge in [0.05, 0.1) is 6.61 Å². The molecule has 2 unspecified atom stereocenters. The van der Waals surface area contributed by atoms with Crippen LogP contribution in [0, 0.1) is 17.3 Å². The fourth-order valence-electron chi connectivity index (χ4n) is 8.17. The van der Waals surface area contributed by atoms with Crippen LogP contribution in [0.15, 0.2) is 47.1 Å². The van der Waals surface area contributed by atoms with E-state index in [0.717, 1.165) is 82.9 Å². The molecule has 0 aliphatic heterocycles. The average molecular weight is 590 g/mol. The summed E-state index contributed by atoms with van der Waals surface area (Å²) < 4.78 is 11.7. The minimum absolute atomic E-state index is 0.0599. The van der Waals surface area contributed by atoms with Gasteiger partial charge in [-0.25, -0.2) is 0 Å². The standard InChI is InChI=1S/C37H51NO5/c1-4-5-20-38(3)35(41)25-42-21-8-6-7-9-22-43-29-14-10-26(11-15-29)32-24-37(2)33(18-19-34(37)40)31-16-12-27-23-28(39)13-17-30(27)36(31)32/h10-11,14-15,23,31-33H,4-9,12-13,16-22,24-25H2,1-3H3/t31?,32-,33?,37+/m1/s1. The normalized spacial score (nSPS) is 26.5. The molecule has 0 radical (unpaired) electrons. The molecule has 4 aliphatic carbocycles. The van der Waals surface area contributed by atoms with E-state index in [1.165, 1.54) is 22.3 Å². The van der Waals surface area contributed by atoms with Gasteiger partial charge in [-0.1, -0.05) is 44.4 Å². The summed E-state index contributed by atoms with van der Waals surface area (Å²) in [6.45, 7) is 6.62. The number of likely N-dealkylation sites (N-methyl/N-ethyl adjacent to an activating group) is 1. The summed E-state index contributed by atoms with van der Waals surface area (Å²) in [5.41, 5.74) is 5.25. The Morgan fingerprint density at radius 1 is 0.953 bits per heavy atom. The topological polar surface area (TPSA) is 72.9 Å². The summed E-state index contributed by atoms with van der Waals surface area (Å²) in [6, 6.07) is 8.59. The van der Waals surface area contributed by atoms with Gasteiger partial charge in [-0.15, -0.1) is 0 Å². The molecule has 6 heteroatoms. The first-order chi connectivity index (χ1) is 20.8. The van der Waals surface area contributed by atoms with Gasteiger partial charge in [0.25, 0.3) is 0 Å². The molecular weight excluding hydrogens is 538 g/mol. The van der Waals surface area contributed by atoms with Crippen LogP contribution in [0.2, 0.25) is 0 Å². The molecule has 4 aliphatic rings. The van der Waals surface area contributed by atoms with Crippen LogP contribution in [-0.4, -0.2) is 55.8 Å². The Balaban J connectivity index is 1.11. The SMILES string of the molecule is CCCCN(C)C(=O)COCCCCCCOc1ccc([C@H]2C[C@]3(C)C(=O)CCC3C3CCC4=CC(=O)CCC4=C32)cc1. The fourth-order valence-corrected chi connectivity index (χ4v) is 8.17. The lowest BCUT2D eigenvalue weighted by Gasteiger charge is -2.50. The van der Waals surface area contributed by atoms with Crippen molar-refractivity contribution >= 4 is 17.5 Å². The molecule has 0 heterocycles. The first-order valence-corrected chi connectivity index (χ1v) is 16.9. The Morgan fingerprint density at radius 3 is 2.49 bits per heavy atom. The van der Waals surface area contributed by atoms with Crippen molar-refractivity contribution in [3.8, 4) is 5.75 Å². The van der Waals surface area contributed by atoms with Gasteiger partial charge in [0.1, 0.15) is 18.1 Å². The van der Waals surface area contributed by atoms with Gasteiger partial charge in [0, 0.05) is 44.4 Å². The second-order valence-corrected chi connectivity index (χ2v) is 13.5. The van der Waals surface area contributed by atoms with Gasteiger partial charge in [-0.3, -0.25) is 14.4 Å². The lowest BCUT2D eigenvalue weighted by molar-refractivity contribution is -0.135. The lowest BCUT2D eigenvalue weighted by atomic mass is 9.53. The third-order valence-corrected chi connectivity index (χ3v) is 10.7.